The van der Waals surface area contributed by atoms with Crippen LogP contribution in [-0.4, -0.2) is 20.8 Å². The molecule has 0 saturated carbocycles. The van der Waals surface area contributed by atoms with Crippen molar-refractivity contribution < 1.29 is 8.78 Å². The number of hydrogen-bond donors (Lipinski definition) is 1. The largest absolute Gasteiger partial charge is 0.310 e. The Kier molecular flexibility index (Phi) is 4.95. The van der Waals surface area contributed by atoms with Crippen molar-refractivity contribution in [3.8, 4) is 0 Å². The van der Waals surface area contributed by atoms with Gasteiger partial charge in [0.15, 0.2) is 5.16 Å². The van der Waals surface area contributed by atoms with Gasteiger partial charge in [0.05, 0.1) is 4.90 Å². The summed E-state index contributed by atoms with van der Waals surface area (Å²) < 4.78 is 29.9. The van der Waals surface area contributed by atoms with Crippen molar-refractivity contribution in [2.75, 3.05) is 0 Å². The molecule has 0 aliphatic rings. The van der Waals surface area contributed by atoms with Gasteiger partial charge in [-0.05, 0) is 36.4 Å². The number of nitrogens with one attached hydrogen (secondary N) is 1. The van der Waals surface area contributed by atoms with Crippen LogP contribution >= 0.6 is 11.8 Å². The first-order valence-corrected chi connectivity index (χ1v) is 7.45. The zero-order chi connectivity index (χ0) is 15.6. The lowest BCUT2D eigenvalue weighted by molar-refractivity contribution is 0.528. The fourth-order valence-electron chi connectivity index (χ4n) is 1.70. The number of nitrogens with zero attached hydrogens (tertiary/aromatic N) is 3. The molecule has 7 heteroatoms. The fraction of sp³-hybridized carbons (Fsp3) is 0.429. The summed E-state index contributed by atoms with van der Waals surface area (Å²) in [6, 6.07) is 2.96. The quantitative estimate of drug-likeness (QED) is 0.921. The Morgan fingerprint density at radius 3 is 2.33 bits per heavy atom. The molecule has 0 aliphatic heterocycles. The van der Waals surface area contributed by atoms with Gasteiger partial charge in [-0.2, -0.15) is 0 Å². The lowest BCUT2D eigenvalue weighted by Gasteiger charge is -2.10. The Bertz CT molecular complexity index is 617. The Hall–Kier alpha value is -1.47. The molecule has 0 atom stereocenters. The molecule has 21 heavy (non-hydrogen) atoms. The molecule has 0 unspecified atom stereocenters. The van der Waals surface area contributed by atoms with Gasteiger partial charge >= 0.3 is 0 Å². The molecule has 0 saturated heterocycles. The third-order valence-electron chi connectivity index (χ3n) is 3.02. The van der Waals surface area contributed by atoms with Crippen LogP contribution in [0.5, 0.6) is 0 Å². The third kappa shape index (κ3) is 3.79. The van der Waals surface area contributed by atoms with E-state index in [0.29, 0.717) is 23.1 Å². The van der Waals surface area contributed by atoms with Gasteiger partial charge in [-0.3, -0.25) is 0 Å². The Morgan fingerprint density at radius 1 is 1.24 bits per heavy atom. The maximum absolute atomic E-state index is 14.1. The average Bonchev–Trinajstić information content (AvgIpc) is 2.72. The van der Waals surface area contributed by atoms with Crippen molar-refractivity contribution in [1.29, 1.82) is 0 Å². The molecule has 0 radical (unpaired) electrons. The highest BCUT2D eigenvalue weighted by Gasteiger charge is 2.16. The molecule has 114 valence electrons. The van der Waals surface area contributed by atoms with Gasteiger partial charge < -0.3 is 9.88 Å². The van der Waals surface area contributed by atoms with Crippen molar-refractivity contribution in [3.63, 3.8) is 0 Å². The average molecular weight is 312 g/mol. The molecular formula is C14H18F2N4S. The van der Waals surface area contributed by atoms with Gasteiger partial charge in [-0.15, -0.1) is 10.2 Å². The van der Waals surface area contributed by atoms with Crippen LogP contribution in [0.3, 0.4) is 0 Å². The summed E-state index contributed by atoms with van der Waals surface area (Å²) in [6.45, 7) is 6.17. The van der Waals surface area contributed by atoms with Gasteiger partial charge in [0.25, 0.3) is 0 Å². The normalized spacial score (nSPS) is 11.4. The summed E-state index contributed by atoms with van der Waals surface area (Å²) >= 11 is 0.940. The molecule has 2 rings (SSSR count). The van der Waals surface area contributed by atoms with Crippen molar-refractivity contribution in [1.82, 2.24) is 20.1 Å². The van der Waals surface area contributed by atoms with Crippen LogP contribution in [0.4, 0.5) is 8.78 Å². The van der Waals surface area contributed by atoms with E-state index < -0.39 is 11.6 Å². The second-order valence-corrected chi connectivity index (χ2v) is 6.09. The molecule has 0 bridgehead atoms. The SMILES string of the molecule is Cc1nnc(Sc2c(F)cc(CNC(C)C)cc2F)n1C. The predicted octanol–water partition coefficient (Wildman–Crippen LogP) is 3.05. The van der Waals surface area contributed by atoms with Gasteiger partial charge in [-0.25, -0.2) is 8.78 Å². The van der Waals surface area contributed by atoms with Gasteiger partial charge in [-0.1, -0.05) is 13.8 Å². The number of rotatable bonds is 5. The molecule has 1 aromatic heterocycles. The highest BCUT2D eigenvalue weighted by atomic mass is 32.2. The number of aromatic nitrogens is 3. The minimum atomic E-state index is -0.582. The third-order valence-corrected chi connectivity index (χ3v) is 4.15. The molecule has 2 aromatic rings. The van der Waals surface area contributed by atoms with Crippen molar-refractivity contribution >= 4 is 11.8 Å². The van der Waals surface area contributed by atoms with E-state index in [4.69, 9.17) is 0 Å². The number of hydrogen-bond acceptors (Lipinski definition) is 4. The van der Waals surface area contributed by atoms with Crippen LogP contribution in [0, 0.1) is 18.6 Å². The topological polar surface area (TPSA) is 42.7 Å². The highest BCUT2D eigenvalue weighted by Crippen LogP contribution is 2.31. The maximum Gasteiger partial charge on any atom is 0.195 e. The van der Waals surface area contributed by atoms with E-state index in [1.54, 1.807) is 18.5 Å². The van der Waals surface area contributed by atoms with Crippen LogP contribution in [0.25, 0.3) is 0 Å². The lowest BCUT2D eigenvalue weighted by atomic mass is 10.2. The van der Waals surface area contributed by atoms with Crippen molar-refractivity contribution in [3.05, 3.63) is 35.2 Å². The molecule has 0 fully saturated rings. The molecule has 1 heterocycles. The smallest absolute Gasteiger partial charge is 0.195 e. The van der Waals surface area contributed by atoms with E-state index in [0.717, 1.165) is 11.8 Å². The summed E-state index contributed by atoms with van der Waals surface area (Å²) in [6.07, 6.45) is 0. The van der Waals surface area contributed by atoms with E-state index in [1.165, 1.54) is 12.1 Å². The van der Waals surface area contributed by atoms with Crippen LogP contribution in [0.2, 0.25) is 0 Å². The minimum absolute atomic E-state index is 0.0567. The first-order chi connectivity index (χ1) is 9.88. The Labute approximate surface area is 127 Å². The minimum Gasteiger partial charge on any atom is -0.310 e. The molecule has 4 nitrogen and oxygen atoms in total. The standard InChI is InChI=1S/C14H18F2N4S/c1-8(2)17-7-10-5-11(15)13(12(16)6-10)21-14-19-18-9(3)20(14)4/h5-6,8,17H,7H2,1-4H3. The van der Waals surface area contributed by atoms with Crippen molar-refractivity contribution in [2.45, 2.75) is 43.4 Å². The predicted molar refractivity (Wildman–Crippen MR) is 78.2 cm³/mol. The van der Waals surface area contributed by atoms with E-state index in [9.17, 15) is 8.78 Å². The molecule has 0 spiro atoms. The Balaban J connectivity index is 2.23. The van der Waals surface area contributed by atoms with E-state index in [2.05, 4.69) is 15.5 Å². The van der Waals surface area contributed by atoms with Crippen LogP contribution in [-0.2, 0) is 13.6 Å². The number of benzene rings is 1. The maximum atomic E-state index is 14.1. The summed E-state index contributed by atoms with van der Waals surface area (Å²) in [5, 5.41) is 11.4. The summed E-state index contributed by atoms with van der Waals surface area (Å²) in [5.74, 6) is -0.474. The molecule has 1 aromatic carbocycles. The number of aryl methyl sites for hydroxylation is 1. The van der Waals surface area contributed by atoms with Gasteiger partial charge in [0, 0.05) is 19.6 Å². The van der Waals surface area contributed by atoms with Crippen LogP contribution in [0.1, 0.15) is 25.2 Å². The van der Waals surface area contributed by atoms with Gasteiger partial charge in [0.2, 0.25) is 0 Å². The van der Waals surface area contributed by atoms with Gasteiger partial charge in [0.1, 0.15) is 17.5 Å². The van der Waals surface area contributed by atoms with Crippen LogP contribution < -0.4 is 5.32 Å². The second kappa shape index (κ2) is 6.53. The first kappa shape index (κ1) is 15.9. The molecule has 0 amide bonds. The highest BCUT2D eigenvalue weighted by molar-refractivity contribution is 7.99. The monoisotopic (exact) mass is 312 g/mol. The van der Waals surface area contributed by atoms with E-state index >= 15 is 0 Å². The summed E-state index contributed by atoms with van der Waals surface area (Å²) in [4.78, 5) is -0.0567. The summed E-state index contributed by atoms with van der Waals surface area (Å²) in [5.41, 5.74) is 0.581. The second-order valence-electron chi connectivity index (χ2n) is 5.12. The van der Waals surface area contributed by atoms with E-state index in [-0.39, 0.29) is 10.9 Å². The molecule has 0 aliphatic carbocycles. The number of halogens is 2. The summed E-state index contributed by atoms with van der Waals surface area (Å²) in [7, 11) is 1.76. The van der Waals surface area contributed by atoms with Crippen molar-refractivity contribution in [2.24, 2.45) is 7.05 Å². The lowest BCUT2D eigenvalue weighted by Crippen LogP contribution is -2.22. The zero-order valence-electron chi connectivity index (χ0n) is 12.4. The van der Waals surface area contributed by atoms with Crippen LogP contribution in [0.15, 0.2) is 22.2 Å². The molecule has 1 N–H and O–H groups in total. The zero-order valence-corrected chi connectivity index (χ0v) is 13.3. The first-order valence-electron chi connectivity index (χ1n) is 6.63. The van der Waals surface area contributed by atoms with E-state index in [1.807, 2.05) is 13.8 Å². The molecular weight excluding hydrogens is 294 g/mol. The Morgan fingerprint density at radius 2 is 1.86 bits per heavy atom. The fourth-order valence-corrected chi connectivity index (χ4v) is 2.55.